The van der Waals surface area contributed by atoms with Crippen molar-refractivity contribution >= 4 is 0 Å². The van der Waals surface area contributed by atoms with Gasteiger partial charge in [0, 0.05) is 31.0 Å². The van der Waals surface area contributed by atoms with Gasteiger partial charge in [-0.25, -0.2) is 0 Å². The summed E-state index contributed by atoms with van der Waals surface area (Å²) in [5.74, 6) is 0. The molecule has 2 aliphatic heterocycles. The van der Waals surface area contributed by atoms with Crippen LogP contribution in [0.4, 0.5) is 0 Å². The number of aromatic nitrogens is 1. The SMILES string of the molecule is c1cncc(C2CCCN2CC2CCCCN2)c1. The molecular formula is C15H23N3. The van der Waals surface area contributed by atoms with Crippen molar-refractivity contribution in [2.45, 2.75) is 44.2 Å². The Balaban J connectivity index is 1.64. The zero-order valence-corrected chi connectivity index (χ0v) is 11.0. The fourth-order valence-electron chi connectivity index (χ4n) is 3.36. The van der Waals surface area contributed by atoms with Crippen molar-refractivity contribution in [2.75, 3.05) is 19.6 Å². The van der Waals surface area contributed by atoms with Gasteiger partial charge in [0.05, 0.1) is 0 Å². The second kappa shape index (κ2) is 5.81. The summed E-state index contributed by atoms with van der Waals surface area (Å²) in [5.41, 5.74) is 1.39. The van der Waals surface area contributed by atoms with Crippen molar-refractivity contribution in [1.82, 2.24) is 15.2 Å². The Bertz CT molecular complexity index is 359. The van der Waals surface area contributed by atoms with Crippen LogP contribution in [0.5, 0.6) is 0 Å². The second-order valence-electron chi connectivity index (χ2n) is 5.59. The van der Waals surface area contributed by atoms with E-state index in [9.17, 15) is 0 Å². The third-order valence-corrected chi connectivity index (χ3v) is 4.30. The van der Waals surface area contributed by atoms with Crippen LogP contribution >= 0.6 is 0 Å². The van der Waals surface area contributed by atoms with E-state index in [0.717, 1.165) is 0 Å². The van der Waals surface area contributed by atoms with Crippen LogP contribution in [0.15, 0.2) is 24.5 Å². The van der Waals surface area contributed by atoms with E-state index in [-0.39, 0.29) is 0 Å². The maximum absolute atomic E-state index is 4.27. The number of pyridine rings is 1. The quantitative estimate of drug-likeness (QED) is 0.886. The van der Waals surface area contributed by atoms with Crippen LogP contribution in [-0.2, 0) is 0 Å². The van der Waals surface area contributed by atoms with Gasteiger partial charge in [0.25, 0.3) is 0 Å². The van der Waals surface area contributed by atoms with Crippen LogP contribution in [0, 0.1) is 0 Å². The van der Waals surface area contributed by atoms with Crippen molar-refractivity contribution in [3.05, 3.63) is 30.1 Å². The minimum Gasteiger partial charge on any atom is -0.313 e. The molecule has 3 heterocycles. The van der Waals surface area contributed by atoms with Gasteiger partial charge in [0.15, 0.2) is 0 Å². The molecule has 2 saturated heterocycles. The van der Waals surface area contributed by atoms with Gasteiger partial charge in [-0.3, -0.25) is 9.88 Å². The van der Waals surface area contributed by atoms with Gasteiger partial charge in [-0.2, -0.15) is 0 Å². The Kier molecular flexibility index (Phi) is 3.91. The highest BCUT2D eigenvalue weighted by atomic mass is 15.2. The van der Waals surface area contributed by atoms with Gasteiger partial charge in [-0.15, -0.1) is 0 Å². The Morgan fingerprint density at radius 2 is 2.28 bits per heavy atom. The minimum atomic E-state index is 0.599. The summed E-state index contributed by atoms with van der Waals surface area (Å²) in [6, 6.07) is 5.59. The number of hydrogen-bond acceptors (Lipinski definition) is 3. The maximum Gasteiger partial charge on any atom is 0.0364 e. The lowest BCUT2D eigenvalue weighted by atomic mass is 10.0. The lowest BCUT2D eigenvalue weighted by Gasteiger charge is -2.31. The molecule has 2 unspecified atom stereocenters. The molecule has 0 saturated carbocycles. The molecule has 0 aliphatic carbocycles. The van der Waals surface area contributed by atoms with Crippen LogP contribution in [0.1, 0.15) is 43.7 Å². The van der Waals surface area contributed by atoms with Crippen LogP contribution in [-0.4, -0.2) is 35.6 Å². The van der Waals surface area contributed by atoms with Gasteiger partial charge >= 0.3 is 0 Å². The lowest BCUT2D eigenvalue weighted by molar-refractivity contribution is 0.210. The van der Waals surface area contributed by atoms with Crippen molar-refractivity contribution < 1.29 is 0 Å². The Hall–Kier alpha value is -0.930. The normalized spacial score (nSPS) is 29.6. The fraction of sp³-hybridized carbons (Fsp3) is 0.667. The summed E-state index contributed by atoms with van der Waals surface area (Å²) in [6.45, 7) is 3.66. The molecule has 0 amide bonds. The monoisotopic (exact) mass is 245 g/mol. The number of likely N-dealkylation sites (tertiary alicyclic amines) is 1. The molecule has 1 aromatic heterocycles. The van der Waals surface area contributed by atoms with Crippen molar-refractivity contribution in [1.29, 1.82) is 0 Å². The first-order valence-electron chi connectivity index (χ1n) is 7.31. The van der Waals surface area contributed by atoms with E-state index in [1.54, 1.807) is 0 Å². The molecule has 0 bridgehead atoms. The molecule has 98 valence electrons. The van der Waals surface area contributed by atoms with E-state index in [1.165, 1.54) is 57.3 Å². The molecule has 18 heavy (non-hydrogen) atoms. The third kappa shape index (κ3) is 2.73. The average Bonchev–Trinajstić information content (AvgIpc) is 2.89. The summed E-state index contributed by atoms with van der Waals surface area (Å²) in [6.07, 6.45) is 10.6. The van der Waals surface area contributed by atoms with Gasteiger partial charge in [0.2, 0.25) is 0 Å². The van der Waals surface area contributed by atoms with Crippen LogP contribution in [0.3, 0.4) is 0 Å². The lowest BCUT2D eigenvalue weighted by Crippen LogP contribution is -2.43. The Morgan fingerprint density at radius 1 is 1.28 bits per heavy atom. The smallest absolute Gasteiger partial charge is 0.0364 e. The first kappa shape index (κ1) is 12.1. The topological polar surface area (TPSA) is 28.2 Å². The number of piperidine rings is 1. The molecular weight excluding hydrogens is 222 g/mol. The molecule has 1 aromatic rings. The van der Waals surface area contributed by atoms with Crippen molar-refractivity contribution in [3.8, 4) is 0 Å². The predicted molar refractivity (Wildman–Crippen MR) is 73.4 cm³/mol. The van der Waals surface area contributed by atoms with Gasteiger partial charge in [-0.05, 0) is 50.4 Å². The summed E-state index contributed by atoms with van der Waals surface area (Å²) in [5, 5.41) is 3.66. The van der Waals surface area contributed by atoms with Crippen LogP contribution in [0.25, 0.3) is 0 Å². The molecule has 2 fully saturated rings. The number of nitrogens with one attached hydrogen (secondary N) is 1. The van der Waals surface area contributed by atoms with Gasteiger partial charge in [0.1, 0.15) is 0 Å². The molecule has 3 nitrogen and oxygen atoms in total. The minimum absolute atomic E-state index is 0.599. The first-order valence-corrected chi connectivity index (χ1v) is 7.31. The molecule has 2 aliphatic rings. The standard InChI is InChI=1S/C15H23N3/c1-2-9-17-14(6-1)12-18-10-4-7-15(18)13-5-3-8-16-11-13/h3,5,8,11,14-15,17H,1-2,4,6-7,9-10,12H2. The molecule has 0 spiro atoms. The fourth-order valence-corrected chi connectivity index (χ4v) is 3.36. The highest BCUT2D eigenvalue weighted by Crippen LogP contribution is 2.31. The first-order chi connectivity index (χ1) is 8.93. The maximum atomic E-state index is 4.27. The highest BCUT2D eigenvalue weighted by Gasteiger charge is 2.28. The second-order valence-corrected chi connectivity index (χ2v) is 5.59. The number of rotatable bonds is 3. The number of nitrogens with zero attached hydrogens (tertiary/aromatic N) is 2. The van der Waals surface area contributed by atoms with E-state index in [4.69, 9.17) is 0 Å². The zero-order chi connectivity index (χ0) is 12.2. The Morgan fingerprint density at radius 3 is 3.06 bits per heavy atom. The zero-order valence-electron chi connectivity index (χ0n) is 11.0. The number of hydrogen-bond donors (Lipinski definition) is 1. The van der Waals surface area contributed by atoms with Crippen LogP contribution in [0.2, 0.25) is 0 Å². The molecule has 0 aromatic carbocycles. The predicted octanol–water partition coefficient (Wildman–Crippen LogP) is 2.36. The van der Waals surface area contributed by atoms with E-state index < -0.39 is 0 Å². The van der Waals surface area contributed by atoms with Crippen LogP contribution < -0.4 is 5.32 Å². The summed E-state index contributed by atoms with van der Waals surface area (Å²) >= 11 is 0. The molecule has 2 atom stereocenters. The Labute approximate surface area is 110 Å². The molecule has 3 heteroatoms. The third-order valence-electron chi connectivity index (χ3n) is 4.30. The van der Waals surface area contributed by atoms with E-state index in [1.807, 2.05) is 12.4 Å². The van der Waals surface area contributed by atoms with Gasteiger partial charge in [-0.1, -0.05) is 12.5 Å². The van der Waals surface area contributed by atoms with Gasteiger partial charge < -0.3 is 5.32 Å². The van der Waals surface area contributed by atoms with Crippen molar-refractivity contribution in [3.63, 3.8) is 0 Å². The average molecular weight is 245 g/mol. The van der Waals surface area contributed by atoms with E-state index >= 15 is 0 Å². The highest BCUT2D eigenvalue weighted by molar-refractivity contribution is 5.15. The molecule has 3 rings (SSSR count). The van der Waals surface area contributed by atoms with E-state index in [2.05, 4.69) is 27.3 Å². The molecule has 0 radical (unpaired) electrons. The summed E-state index contributed by atoms with van der Waals surface area (Å²) in [7, 11) is 0. The summed E-state index contributed by atoms with van der Waals surface area (Å²) < 4.78 is 0. The summed E-state index contributed by atoms with van der Waals surface area (Å²) in [4.78, 5) is 6.92. The molecule has 1 N–H and O–H groups in total. The van der Waals surface area contributed by atoms with Crippen molar-refractivity contribution in [2.24, 2.45) is 0 Å². The van der Waals surface area contributed by atoms with E-state index in [0.29, 0.717) is 12.1 Å². The largest absolute Gasteiger partial charge is 0.313 e.